The van der Waals surface area contributed by atoms with Crippen LogP contribution in [0.3, 0.4) is 0 Å². The van der Waals surface area contributed by atoms with E-state index in [1.54, 1.807) is 31.3 Å². The van der Waals surface area contributed by atoms with E-state index < -0.39 is 12.1 Å². The summed E-state index contributed by atoms with van der Waals surface area (Å²) in [6.45, 7) is 1.63. The van der Waals surface area contributed by atoms with Crippen LogP contribution < -0.4 is 10.3 Å². The van der Waals surface area contributed by atoms with E-state index in [4.69, 9.17) is 9.72 Å². The second-order valence-electron chi connectivity index (χ2n) is 8.04. The lowest BCUT2D eigenvalue weighted by Gasteiger charge is -2.22. The number of aromatic nitrogens is 2. The van der Waals surface area contributed by atoms with Gasteiger partial charge in [-0.05, 0) is 61.7 Å². The molecule has 32 heavy (non-hydrogen) atoms. The summed E-state index contributed by atoms with van der Waals surface area (Å²) >= 11 is 0. The quantitative estimate of drug-likeness (QED) is 0.428. The van der Waals surface area contributed by atoms with Gasteiger partial charge in [-0.3, -0.25) is 4.79 Å². The van der Waals surface area contributed by atoms with Crippen molar-refractivity contribution in [3.8, 4) is 5.75 Å². The normalized spacial score (nSPS) is 15.7. The topological polar surface area (TPSA) is 82.8 Å². The Morgan fingerprint density at radius 3 is 2.56 bits per heavy atom. The molecule has 7 heteroatoms. The molecule has 1 heterocycles. The smallest absolute Gasteiger partial charge is 0.346 e. The third-order valence-corrected chi connectivity index (χ3v) is 5.80. The first kappa shape index (κ1) is 21.7. The largest absolute Gasteiger partial charge is 0.479 e. The summed E-state index contributed by atoms with van der Waals surface area (Å²) < 4.78 is 11.7. The van der Waals surface area contributed by atoms with Crippen LogP contribution in [-0.2, 0) is 9.53 Å². The molecule has 0 N–H and O–H groups in total. The maximum Gasteiger partial charge on any atom is 0.346 e. The van der Waals surface area contributed by atoms with Gasteiger partial charge in [-0.25, -0.2) is 9.78 Å². The van der Waals surface area contributed by atoms with Crippen LogP contribution in [0.25, 0.3) is 10.9 Å². The van der Waals surface area contributed by atoms with Crippen molar-refractivity contribution in [3.63, 3.8) is 0 Å². The second kappa shape index (κ2) is 9.77. The summed E-state index contributed by atoms with van der Waals surface area (Å²) in [5.41, 5.74) is 1.36. The number of fused-ring (bicyclic) bond motifs is 1. The van der Waals surface area contributed by atoms with E-state index in [1.165, 1.54) is 18.2 Å². The summed E-state index contributed by atoms with van der Waals surface area (Å²) in [5.74, 6) is 1.08. The van der Waals surface area contributed by atoms with Crippen LogP contribution in [0.15, 0.2) is 58.4 Å². The highest BCUT2D eigenvalue weighted by atomic mass is 16.6. The van der Waals surface area contributed by atoms with Gasteiger partial charge in [-0.2, -0.15) is 9.78 Å². The molecule has 4 rings (SSSR count). The van der Waals surface area contributed by atoms with E-state index >= 15 is 0 Å². The van der Waals surface area contributed by atoms with Crippen molar-refractivity contribution in [1.82, 2.24) is 9.66 Å². The van der Waals surface area contributed by atoms with E-state index in [0.717, 1.165) is 37.1 Å². The molecule has 7 nitrogen and oxygen atoms in total. The number of para-hydroxylation sites is 1. The summed E-state index contributed by atoms with van der Waals surface area (Å²) in [6.07, 6.45) is 6.50. The maximum atomic E-state index is 13.2. The highest BCUT2D eigenvalue weighted by Crippen LogP contribution is 2.31. The maximum absolute atomic E-state index is 13.2. The molecular formula is C25H27N3O4. The van der Waals surface area contributed by atoms with Gasteiger partial charge in [0.15, 0.2) is 6.10 Å². The molecule has 2 aromatic carbocycles. The van der Waals surface area contributed by atoms with Gasteiger partial charge in [0.25, 0.3) is 5.56 Å². The van der Waals surface area contributed by atoms with Crippen LogP contribution in [0.2, 0.25) is 0 Å². The summed E-state index contributed by atoms with van der Waals surface area (Å²) in [4.78, 5) is 29.6. The van der Waals surface area contributed by atoms with Crippen molar-refractivity contribution in [2.75, 3.05) is 7.11 Å². The zero-order valence-corrected chi connectivity index (χ0v) is 18.4. The van der Waals surface area contributed by atoms with Gasteiger partial charge in [0.2, 0.25) is 0 Å². The molecule has 0 unspecified atom stereocenters. The number of hydrogen-bond acceptors (Lipinski definition) is 6. The highest BCUT2D eigenvalue weighted by Gasteiger charge is 2.22. The minimum absolute atomic E-state index is 0.153. The Morgan fingerprint density at radius 2 is 1.84 bits per heavy atom. The number of esters is 1. The average molecular weight is 434 g/mol. The Hall–Kier alpha value is -3.48. The van der Waals surface area contributed by atoms with E-state index in [-0.39, 0.29) is 11.5 Å². The highest BCUT2D eigenvalue weighted by molar-refractivity contribution is 5.81. The second-order valence-corrected chi connectivity index (χ2v) is 8.04. The SMILES string of the molecule is COC(=O)[C@H](C)Oc1ccc(C=Nn2c(C3CCCCC3)nc3ccccc3c2=O)cc1. The van der Waals surface area contributed by atoms with Crippen molar-refractivity contribution in [1.29, 1.82) is 0 Å². The lowest BCUT2D eigenvalue weighted by atomic mass is 9.88. The van der Waals surface area contributed by atoms with Crippen LogP contribution in [0.4, 0.5) is 0 Å². The number of ether oxygens (including phenoxy) is 2. The minimum atomic E-state index is -0.695. The molecule has 1 saturated carbocycles. The molecular weight excluding hydrogens is 406 g/mol. The zero-order chi connectivity index (χ0) is 22.5. The van der Waals surface area contributed by atoms with Gasteiger partial charge < -0.3 is 9.47 Å². The van der Waals surface area contributed by atoms with Crippen LogP contribution in [0.1, 0.15) is 56.3 Å². The van der Waals surface area contributed by atoms with Gasteiger partial charge in [0.1, 0.15) is 11.6 Å². The first-order chi connectivity index (χ1) is 15.6. The molecule has 0 aliphatic heterocycles. The molecule has 1 aromatic heterocycles. The molecule has 0 saturated heterocycles. The standard InChI is InChI=1S/C25H27N3O4/c1-17(25(30)31-2)32-20-14-12-18(13-15-20)16-26-28-23(19-8-4-3-5-9-19)27-22-11-7-6-10-21(22)24(28)29/h6-7,10-17,19H,3-5,8-9H2,1-2H3/t17-/m0/s1. The Labute approximate surface area is 186 Å². The zero-order valence-electron chi connectivity index (χ0n) is 18.4. The van der Waals surface area contributed by atoms with Crippen molar-refractivity contribution < 1.29 is 14.3 Å². The van der Waals surface area contributed by atoms with Crippen LogP contribution >= 0.6 is 0 Å². The van der Waals surface area contributed by atoms with E-state index in [0.29, 0.717) is 16.7 Å². The fourth-order valence-electron chi connectivity index (χ4n) is 4.05. The third kappa shape index (κ3) is 4.72. The number of nitrogens with zero attached hydrogens (tertiary/aromatic N) is 3. The Morgan fingerprint density at radius 1 is 1.12 bits per heavy atom. The summed E-state index contributed by atoms with van der Waals surface area (Å²) in [6, 6.07) is 14.6. The molecule has 0 amide bonds. The van der Waals surface area contributed by atoms with Gasteiger partial charge in [0, 0.05) is 5.92 Å². The van der Waals surface area contributed by atoms with Crippen molar-refractivity contribution in [2.24, 2.45) is 5.10 Å². The summed E-state index contributed by atoms with van der Waals surface area (Å²) in [5, 5.41) is 5.10. The molecule has 0 spiro atoms. The monoisotopic (exact) mass is 433 g/mol. The summed E-state index contributed by atoms with van der Waals surface area (Å²) in [7, 11) is 1.33. The fourth-order valence-corrected chi connectivity index (χ4v) is 4.05. The first-order valence-electron chi connectivity index (χ1n) is 11.0. The predicted octanol–water partition coefficient (Wildman–Crippen LogP) is 4.27. The molecule has 166 valence electrons. The van der Waals surface area contributed by atoms with Gasteiger partial charge in [0.05, 0.1) is 24.2 Å². The average Bonchev–Trinajstić information content (AvgIpc) is 2.84. The lowest BCUT2D eigenvalue weighted by Crippen LogP contribution is -2.25. The Balaban J connectivity index is 1.63. The van der Waals surface area contributed by atoms with Crippen LogP contribution in [0, 0.1) is 0 Å². The van der Waals surface area contributed by atoms with Gasteiger partial charge >= 0.3 is 5.97 Å². The fraction of sp³-hybridized carbons (Fsp3) is 0.360. The van der Waals surface area contributed by atoms with Crippen molar-refractivity contribution >= 4 is 23.1 Å². The number of methoxy groups -OCH3 is 1. The predicted molar refractivity (Wildman–Crippen MR) is 123 cm³/mol. The Kier molecular flexibility index (Phi) is 6.63. The number of hydrogen-bond donors (Lipinski definition) is 0. The molecule has 1 aliphatic carbocycles. The molecule has 3 aromatic rings. The third-order valence-electron chi connectivity index (χ3n) is 5.80. The number of carbonyl (C=O) groups is 1. The van der Waals surface area contributed by atoms with Crippen molar-refractivity contribution in [3.05, 3.63) is 70.3 Å². The van der Waals surface area contributed by atoms with E-state index in [9.17, 15) is 9.59 Å². The molecule has 1 aliphatic rings. The first-order valence-corrected chi connectivity index (χ1v) is 11.0. The Bertz CT molecular complexity index is 1180. The van der Waals surface area contributed by atoms with Gasteiger partial charge in [-0.15, -0.1) is 0 Å². The molecule has 1 atom stereocenters. The van der Waals surface area contributed by atoms with Crippen LogP contribution in [0.5, 0.6) is 5.75 Å². The minimum Gasteiger partial charge on any atom is -0.479 e. The lowest BCUT2D eigenvalue weighted by molar-refractivity contribution is -0.147. The molecule has 0 bridgehead atoms. The number of rotatable bonds is 6. The molecule has 0 radical (unpaired) electrons. The number of carbonyl (C=O) groups excluding carboxylic acids is 1. The van der Waals surface area contributed by atoms with Crippen molar-refractivity contribution in [2.45, 2.75) is 51.0 Å². The van der Waals surface area contributed by atoms with E-state index in [2.05, 4.69) is 9.84 Å². The molecule has 1 fully saturated rings. The van der Waals surface area contributed by atoms with E-state index in [1.807, 2.05) is 30.3 Å². The number of benzene rings is 2. The van der Waals surface area contributed by atoms with Gasteiger partial charge in [-0.1, -0.05) is 31.4 Å². The van der Waals surface area contributed by atoms with Crippen LogP contribution in [-0.4, -0.2) is 35.1 Å².